The van der Waals surface area contributed by atoms with Crippen LogP contribution in [0.25, 0.3) is 0 Å². The van der Waals surface area contributed by atoms with E-state index in [-0.39, 0.29) is 33.6 Å². The van der Waals surface area contributed by atoms with Crippen LogP contribution >= 0.6 is 0 Å². The Morgan fingerprint density at radius 1 is 1.07 bits per heavy atom. The molecule has 0 aromatic heterocycles. The minimum atomic E-state index is -3.51. The molecule has 158 valence electrons. The highest BCUT2D eigenvalue weighted by Crippen LogP contribution is 2.59. The first-order valence-electron chi connectivity index (χ1n) is 9.90. The number of rotatable bonds is 5. The number of hydrazine groups is 1. The Morgan fingerprint density at radius 3 is 2.21 bits per heavy atom. The second kappa shape index (κ2) is 7.91. The lowest BCUT2D eigenvalue weighted by Crippen LogP contribution is -2.43. The Balaban J connectivity index is 1.59. The summed E-state index contributed by atoms with van der Waals surface area (Å²) in [6, 6.07) is 5.77. The van der Waals surface area contributed by atoms with Crippen molar-refractivity contribution in [1.82, 2.24) is 15.2 Å². The lowest BCUT2D eigenvalue weighted by atomic mass is 10.1. The van der Waals surface area contributed by atoms with Gasteiger partial charge in [-0.3, -0.25) is 20.4 Å². The molecule has 2 unspecified atom stereocenters. The van der Waals surface area contributed by atoms with Gasteiger partial charge in [0.2, 0.25) is 15.9 Å². The van der Waals surface area contributed by atoms with Crippen molar-refractivity contribution in [2.75, 3.05) is 13.1 Å². The second-order valence-electron chi connectivity index (χ2n) is 8.65. The van der Waals surface area contributed by atoms with Crippen molar-refractivity contribution in [2.45, 2.75) is 45.4 Å². The number of carbonyl (C=O) groups excluding carboxylic acids is 2. The average molecular weight is 420 g/mol. The molecule has 8 heteroatoms. The standard InChI is InChI=1S/C21H29N3O4S/c1-14(2)13-17-18(21(17,3)4)20(26)23-22-19(25)15-7-9-16(10-8-15)29(27,28)24-11-5-6-12-24/h7-10,13,17-18H,5-6,11-12H2,1-4H3,(H,22,25)(H,23,26). The molecule has 2 fully saturated rings. The van der Waals surface area contributed by atoms with Gasteiger partial charge < -0.3 is 0 Å². The number of nitrogens with one attached hydrogen (secondary N) is 2. The molecule has 1 heterocycles. The average Bonchev–Trinajstić information content (AvgIpc) is 3.05. The normalized spacial score (nSPS) is 23.3. The quantitative estimate of drug-likeness (QED) is 0.566. The van der Waals surface area contributed by atoms with Crippen molar-refractivity contribution in [3.63, 3.8) is 0 Å². The van der Waals surface area contributed by atoms with Crippen molar-refractivity contribution in [3.05, 3.63) is 41.5 Å². The van der Waals surface area contributed by atoms with E-state index in [1.165, 1.54) is 28.6 Å². The molecule has 1 aliphatic heterocycles. The fourth-order valence-electron chi connectivity index (χ4n) is 3.97. The van der Waals surface area contributed by atoms with Crippen LogP contribution in [0.5, 0.6) is 0 Å². The van der Waals surface area contributed by atoms with Crippen LogP contribution in [0.1, 0.15) is 50.9 Å². The molecule has 29 heavy (non-hydrogen) atoms. The van der Waals surface area contributed by atoms with E-state index in [0.29, 0.717) is 13.1 Å². The highest BCUT2D eigenvalue weighted by atomic mass is 32.2. The lowest BCUT2D eigenvalue weighted by molar-refractivity contribution is -0.123. The fraction of sp³-hybridized carbons (Fsp3) is 0.524. The summed E-state index contributed by atoms with van der Waals surface area (Å²) in [5.41, 5.74) is 6.22. The van der Waals surface area contributed by atoms with Gasteiger partial charge in [-0.1, -0.05) is 25.5 Å². The molecular formula is C21H29N3O4S. The Morgan fingerprint density at radius 2 is 1.66 bits per heavy atom. The predicted molar refractivity (Wildman–Crippen MR) is 110 cm³/mol. The molecule has 0 spiro atoms. The van der Waals surface area contributed by atoms with Crippen molar-refractivity contribution in [2.24, 2.45) is 17.3 Å². The topological polar surface area (TPSA) is 95.6 Å². The van der Waals surface area contributed by atoms with Gasteiger partial charge in [-0.2, -0.15) is 4.31 Å². The van der Waals surface area contributed by atoms with E-state index in [1.807, 2.05) is 27.7 Å². The molecule has 2 aliphatic rings. The van der Waals surface area contributed by atoms with Crippen LogP contribution in [0.3, 0.4) is 0 Å². The Hall–Kier alpha value is -2.19. The highest BCUT2D eigenvalue weighted by Gasteiger charge is 2.60. The summed E-state index contributed by atoms with van der Waals surface area (Å²) < 4.78 is 26.5. The van der Waals surface area contributed by atoms with Gasteiger partial charge in [-0.25, -0.2) is 8.42 Å². The number of hydrogen-bond acceptors (Lipinski definition) is 4. The van der Waals surface area contributed by atoms with Gasteiger partial charge in [-0.05, 0) is 62.3 Å². The van der Waals surface area contributed by atoms with Crippen LogP contribution in [0.15, 0.2) is 40.8 Å². The predicted octanol–water partition coefficient (Wildman–Crippen LogP) is 2.47. The van der Waals surface area contributed by atoms with Crippen molar-refractivity contribution < 1.29 is 18.0 Å². The summed E-state index contributed by atoms with van der Waals surface area (Å²) in [6.07, 6.45) is 3.82. The molecule has 1 aromatic rings. The third kappa shape index (κ3) is 4.38. The molecular weight excluding hydrogens is 390 g/mol. The molecule has 2 amide bonds. The van der Waals surface area contributed by atoms with Gasteiger partial charge >= 0.3 is 0 Å². The summed E-state index contributed by atoms with van der Waals surface area (Å²) in [4.78, 5) is 24.9. The van der Waals surface area contributed by atoms with Crippen LogP contribution < -0.4 is 10.9 Å². The third-order valence-corrected chi connectivity index (χ3v) is 7.74. The van der Waals surface area contributed by atoms with E-state index in [9.17, 15) is 18.0 Å². The number of benzene rings is 1. The maximum Gasteiger partial charge on any atom is 0.269 e. The van der Waals surface area contributed by atoms with E-state index in [0.717, 1.165) is 18.4 Å². The molecule has 1 aromatic carbocycles. The van der Waals surface area contributed by atoms with E-state index in [1.54, 1.807) is 0 Å². The first-order valence-corrected chi connectivity index (χ1v) is 11.3. The van der Waals surface area contributed by atoms with Gasteiger partial charge in [0.05, 0.1) is 10.8 Å². The van der Waals surface area contributed by atoms with Gasteiger partial charge in [0.15, 0.2) is 0 Å². The molecule has 2 N–H and O–H groups in total. The molecule has 1 aliphatic carbocycles. The van der Waals surface area contributed by atoms with Gasteiger partial charge in [0, 0.05) is 18.7 Å². The third-order valence-electron chi connectivity index (χ3n) is 5.82. The SMILES string of the molecule is CC(C)=CC1C(C(=O)NNC(=O)c2ccc(S(=O)(=O)N3CCCC3)cc2)C1(C)C. The second-order valence-corrected chi connectivity index (χ2v) is 10.6. The van der Waals surface area contributed by atoms with E-state index >= 15 is 0 Å². The number of allylic oxidation sites excluding steroid dienone is 2. The summed E-state index contributed by atoms with van der Waals surface area (Å²) >= 11 is 0. The molecule has 1 saturated carbocycles. The Bertz CT molecular complexity index is 925. The number of sulfonamides is 1. The molecule has 7 nitrogen and oxygen atoms in total. The maximum atomic E-state index is 12.5. The van der Waals surface area contributed by atoms with Gasteiger partial charge in [0.1, 0.15) is 0 Å². The number of carbonyl (C=O) groups is 2. The highest BCUT2D eigenvalue weighted by molar-refractivity contribution is 7.89. The minimum absolute atomic E-state index is 0.141. The van der Waals surface area contributed by atoms with E-state index < -0.39 is 15.9 Å². The molecule has 0 radical (unpaired) electrons. The molecule has 3 rings (SSSR count). The van der Waals surface area contributed by atoms with Crippen molar-refractivity contribution >= 4 is 21.8 Å². The van der Waals surface area contributed by atoms with E-state index in [2.05, 4.69) is 16.9 Å². The molecule has 1 saturated heterocycles. The first kappa shape index (κ1) is 21.5. The fourth-order valence-corrected chi connectivity index (χ4v) is 5.49. The summed E-state index contributed by atoms with van der Waals surface area (Å²) in [7, 11) is -3.51. The van der Waals surface area contributed by atoms with Crippen LogP contribution in [-0.4, -0.2) is 37.6 Å². The van der Waals surface area contributed by atoms with Gasteiger partial charge in [0.25, 0.3) is 5.91 Å². The van der Waals surface area contributed by atoms with Crippen molar-refractivity contribution in [3.8, 4) is 0 Å². The first-order chi connectivity index (χ1) is 13.5. The number of hydrogen-bond donors (Lipinski definition) is 2. The van der Waals surface area contributed by atoms with Crippen molar-refractivity contribution in [1.29, 1.82) is 0 Å². The lowest BCUT2D eigenvalue weighted by Gasteiger charge is -2.15. The smallest absolute Gasteiger partial charge is 0.269 e. The van der Waals surface area contributed by atoms with Gasteiger partial charge in [-0.15, -0.1) is 0 Å². The van der Waals surface area contributed by atoms with Crippen LogP contribution in [0.4, 0.5) is 0 Å². The number of amides is 2. The van der Waals surface area contributed by atoms with Crippen LogP contribution in [-0.2, 0) is 14.8 Å². The zero-order chi connectivity index (χ0) is 21.4. The van der Waals surface area contributed by atoms with Crippen LogP contribution in [0, 0.1) is 17.3 Å². The van der Waals surface area contributed by atoms with Crippen LogP contribution in [0.2, 0.25) is 0 Å². The Kier molecular flexibility index (Phi) is 5.87. The Labute approximate surface area is 172 Å². The molecule has 0 bridgehead atoms. The monoisotopic (exact) mass is 419 g/mol. The maximum absolute atomic E-state index is 12.5. The minimum Gasteiger partial charge on any atom is -0.273 e. The summed E-state index contributed by atoms with van der Waals surface area (Å²) in [5.74, 6) is -0.745. The number of nitrogens with zero attached hydrogens (tertiary/aromatic N) is 1. The zero-order valence-corrected chi connectivity index (χ0v) is 18.2. The summed E-state index contributed by atoms with van der Waals surface area (Å²) in [6.45, 7) is 9.12. The zero-order valence-electron chi connectivity index (χ0n) is 17.4. The van der Waals surface area contributed by atoms with E-state index in [4.69, 9.17) is 0 Å². The largest absolute Gasteiger partial charge is 0.273 e. The molecule has 2 atom stereocenters. The summed E-state index contributed by atoms with van der Waals surface area (Å²) in [5, 5.41) is 0.